The molecule has 0 fully saturated rings. The third-order valence-electron chi connectivity index (χ3n) is 6.48. The molecule has 3 aromatic carbocycles. The van der Waals surface area contributed by atoms with Gasteiger partial charge in [-0.25, -0.2) is 4.79 Å². The molecule has 0 saturated heterocycles. The number of para-hydroxylation sites is 1. The van der Waals surface area contributed by atoms with Gasteiger partial charge in [0.25, 0.3) is 0 Å². The molecule has 1 aromatic heterocycles. The maximum absolute atomic E-state index is 15.2. The molecule has 1 aliphatic heterocycles. The van der Waals surface area contributed by atoms with E-state index in [2.05, 4.69) is 4.65 Å². The molecular formula is C26H25BF2N3O2-. The van der Waals surface area contributed by atoms with E-state index >= 15 is 8.63 Å². The highest BCUT2D eigenvalue weighted by atomic mass is 19.3. The van der Waals surface area contributed by atoms with E-state index in [1.807, 2.05) is 86.5 Å². The van der Waals surface area contributed by atoms with E-state index in [0.29, 0.717) is 16.5 Å². The first-order valence-electron chi connectivity index (χ1n) is 11.1. The lowest BCUT2D eigenvalue weighted by molar-refractivity contribution is 0.196. The van der Waals surface area contributed by atoms with Gasteiger partial charge in [0.1, 0.15) is 0 Å². The number of rotatable bonds is 5. The molecule has 0 atom stereocenters. The molecular weight excluding hydrogens is 435 g/mol. The van der Waals surface area contributed by atoms with Crippen LogP contribution in [0.4, 0.5) is 24.8 Å². The Bertz CT molecular complexity index is 1330. The van der Waals surface area contributed by atoms with E-state index in [9.17, 15) is 4.79 Å². The lowest BCUT2D eigenvalue weighted by Gasteiger charge is -2.25. The van der Waals surface area contributed by atoms with Gasteiger partial charge in [-0.2, -0.15) is 0 Å². The third-order valence-corrected chi connectivity index (χ3v) is 6.48. The van der Waals surface area contributed by atoms with Gasteiger partial charge in [-0.1, -0.05) is 42.5 Å². The van der Waals surface area contributed by atoms with Gasteiger partial charge in [0.05, 0.1) is 5.52 Å². The summed E-state index contributed by atoms with van der Waals surface area (Å²) in [4.78, 5) is 16.5. The van der Waals surface area contributed by atoms with Crippen LogP contribution in [0.15, 0.2) is 72.8 Å². The molecule has 0 bridgehead atoms. The summed E-state index contributed by atoms with van der Waals surface area (Å²) >= 11 is 0. The lowest BCUT2D eigenvalue weighted by atomic mass is 9.73. The molecule has 1 aliphatic rings. The predicted octanol–water partition coefficient (Wildman–Crippen LogP) is 5.04. The zero-order valence-electron chi connectivity index (χ0n) is 19.5. The molecule has 0 unspecified atom stereocenters. The van der Waals surface area contributed by atoms with Gasteiger partial charge < -0.3 is 23.1 Å². The van der Waals surface area contributed by atoms with Crippen molar-refractivity contribution in [2.75, 3.05) is 38.0 Å². The quantitative estimate of drug-likeness (QED) is 0.392. The van der Waals surface area contributed by atoms with Crippen molar-refractivity contribution in [3.8, 4) is 0 Å². The Morgan fingerprint density at radius 1 is 0.794 bits per heavy atom. The summed E-state index contributed by atoms with van der Waals surface area (Å²) in [6.45, 7) is -4.50. The van der Waals surface area contributed by atoms with Crippen LogP contribution in [-0.4, -0.2) is 45.8 Å². The van der Waals surface area contributed by atoms with Gasteiger partial charge >= 0.3 is 13.0 Å². The standard InChI is InChI=1S/C26H25BF2N3O2/c1-30(2)19-13-9-17(10-14-19)23(18-11-15-20(16-12-18)31(3)4)24-21-7-5-6-8-22(21)32-25(24)27(28,29)34-26(32)33/h5-16,23H,1-4H3/q-1. The number of carbonyl (C=O) groups excluding carboxylic acids is 1. The largest absolute Gasteiger partial charge is 0.616 e. The van der Waals surface area contributed by atoms with Crippen molar-refractivity contribution < 1.29 is 18.1 Å². The summed E-state index contributed by atoms with van der Waals surface area (Å²) in [6.07, 6.45) is -1.04. The molecule has 0 saturated carbocycles. The molecule has 8 heteroatoms. The van der Waals surface area contributed by atoms with Gasteiger partial charge in [0.2, 0.25) is 0 Å². The normalized spacial score (nSPS) is 14.4. The smallest absolute Gasteiger partial charge is 0.553 e. The zero-order chi connectivity index (χ0) is 24.2. The second-order valence-corrected chi connectivity index (χ2v) is 9.04. The first kappa shape index (κ1) is 22.0. The number of halogens is 2. The molecule has 2 heterocycles. The molecule has 0 radical (unpaired) electrons. The van der Waals surface area contributed by atoms with E-state index in [0.717, 1.165) is 27.1 Å². The summed E-state index contributed by atoms with van der Waals surface area (Å²) in [5.74, 6) is -0.518. The number of hydrogen-bond donors (Lipinski definition) is 0. The predicted molar refractivity (Wildman–Crippen MR) is 134 cm³/mol. The zero-order valence-corrected chi connectivity index (χ0v) is 19.5. The van der Waals surface area contributed by atoms with Crippen molar-refractivity contribution in [3.05, 3.63) is 89.5 Å². The maximum Gasteiger partial charge on any atom is 0.553 e. The van der Waals surface area contributed by atoms with E-state index < -0.39 is 18.9 Å². The van der Waals surface area contributed by atoms with Gasteiger partial charge in [-0.15, -0.1) is 0 Å². The van der Waals surface area contributed by atoms with Crippen LogP contribution in [-0.2, 0) is 4.65 Å². The Balaban J connectivity index is 1.81. The minimum Gasteiger partial charge on any atom is -0.616 e. The number of nitrogens with zero attached hydrogens (tertiary/aromatic N) is 3. The van der Waals surface area contributed by atoms with Crippen molar-refractivity contribution in [1.82, 2.24) is 4.57 Å². The summed E-state index contributed by atoms with van der Waals surface area (Å²) in [5.41, 5.74) is 4.21. The van der Waals surface area contributed by atoms with Crippen molar-refractivity contribution in [2.24, 2.45) is 0 Å². The molecule has 0 amide bonds. The molecule has 4 aromatic rings. The van der Waals surface area contributed by atoms with Crippen molar-refractivity contribution in [3.63, 3.8) is 0 Å². The number of hydrogen-bond acceptors (Lipinski definition) is 4. The Hall–Kier alpha value is -3.81. The van der Waals surface area contributed by atoms with E-state index in [1.165, 1.54) is 0 Å². The van der Waals surface area contributed by atoms with Crippen LogP contribution >= 0.6 is 0 Å². The molecule has 34 heavy (non-hydrogen) atoms. The maximum atomic E-state index is 15.2. The van der Waals surface area contributed by atoms with Crippen LogP contribution in [0.2, 0.25) is 0 Å². The number of fused-ring (bicyclic) bond motifs is 3. The highest BCUT2D eigenvalue weighted by molar-refractivity contribution is 6.78. The fraction of sp³-hybridized carbons (Fsp3) is 0.192. The van der Waals surface area contributed by atoms with Gasteiger partial charge in [0.15, 0.2) is 0 Å². The highest BCUT2D eigenvalue weighted by Gasteiger charge is 2.47. The Labute approximate surface area is 197 Å². The Kier molecular flexibility index (Phi) is 5.12. The molecule has 5 nitrogen and oxygen atoms in total. The molecule has 0 N–H and O–H groups in total. The van der Waals surface area contributed by atoms with Gasteiger partial charge in [0, 0.05) is 50.9 Å². The fourth-order valence-electron chi connectivity index (χ4n) is 4.81. The number of aromatic nitrogens is 1. The van der Waals surface area contributed by atoms with Crippen molar-refractivity contribution in [1.29, 1.82) is 0 Å². The van der Waals surface area contributed by atoms with Crippen molar-refractivity contribution >= 4 is 40.9 Å². The summed E-state index contributed by atoms with van der Waals surface area (Å²) in [7, 11) is 7.80. The second-order valence-electron chi connectivity index (χ2n) is 9.04. The van der Waals surface area contributed by atoms with Crippen LogP contribution in [0.3, 0.4) is 0 Å². The topological polar surface area (TPSA) is 37.7 Å². The average Bonchev–Trinajstić information content (AvgIpc) is 3.27. The number of benzene rings is 3. The molecule has 0 aliphatic carbocycles. The van der Waals surface area contributed by atoms with Gasteiger partial charge in [-0.3, -0.25) is 4.57 Å². The Morgan fingerprint density at radius 2 is 1.29 bits per heavy atom. The number of carbonyl (C=O) groups is 1. The molecule has 174 valence electrons. The SMILES string of the molecule is CN(C)c1ccc(C(c2ccc(N(C)C)cc2)c2c3n(c4ccccc24)C(=O)O[B-]3(F)F)cc1. The van der Waals surface area contributed by atoms with Crippen LogP contribution in [0, 0.1) is 0 Å². The monoisotopic (exact) mass is 460 g/mol. The van der Waals surface area contributed by atoms with Gasteiger partial charge in [-0.05, 0) is 52.6 Å². The number of anilines is 2. The summed E-state index contributed by atoms with van der Waals surface area (Å²) in [5, 5.41) is 0.620. The highest BCUT2D eigenvalue weighted by Crippen LogP contribution is 2.40. The summed E-state index contributed by atoms with van der Waals surface area (Å²) < 4.78 is 36.0. The minimum absolute atomic E-state index is 0.343. The lowest BCUT2D eigenvalue weighted by Crippen LogP contribution is -2.41. The Morgan fingerprint density at radius 3 is 1.79 bits per heavy atom. The van der Waals surface area contributed by atoms with Crippen LogP contribution in [0.1, 0.15) is 22.6 Å². The first-order chi connectivity index (χ1) is 16.2. The second kappa shape index (κ2) is 7.90. The third kappa shape index (κ3) is 3.41. The summed E-state index contributed by atoms with van der Waals surface area (Å²) in [6, 6.07) is 22.8. The van der Waals surface area contributed by atoms with Crippen LogP contribution < -0.4 is 15.4 Å². The van der Waals surface area contributed by atoms with E-state index in [-0.39, 0.29) is 5.59 Å². The first-order valence-corrected chi connectivity index (χ1v) is 11.1. The fourth-order valence-corrected chi connectivity index (χ4v) is 4.81. The molecule has 5 rings (SSSR count). The van der Waals surface area contributed by atoms with E-state index in [1.54, 1.807) is 24.3 Å². The van der Waals surface area contributed by atoms with Crippen LogP contribution in [0.5, 0.6) is 0 Å². The van der Waals surface area contributed by atoms with E-state index in [4.69, 9.17) is 0 Å². The van der Waals surface area contributed by atoms with Crippen LogP contribution in [0.25, 0.3) is 10.9 Å². The minimum atomic E-state index is -4.50. The average molecular weight is 460 g/mol. The molecule has 0 spiro atoms. The van der Waals surface area contributed by atoms with Crippen molar-refractivity contribution in [2.45, 2.75) is 5.92 Å².